The SMILES string of the molecule is ONC1CCCc2ccccc21. The number of nitrogens with one attached hydrogen (secondary N) is 1. The van der Waals surface area contributed by atoms with Crippen molar-refractivity contribution in [1.82, 2.24) is 5.48 Å². The Bertz CT molecular complexity index is 272. The number of hydrogen-bond acceptors (Lipinski definition) is 2. The molecule has 0 heterocycles. The highest BCUT2D eigenvalue weighted by molar-refractivity contribution is 5.31. The highest BCUT2D eigenvalue weighted by Gasteiger charge is 2.17. The highest BCUT2D eigenvalue weighted by Crippen LogP contribution is 2.28. The van der Waals surface area contributed by atoms with Crippen LogP contribution < -0.4 is 5.48 Å². The minimum atomic E-state index is 0.148. The summed E-state index contributed by atoms with van der Waals surface area (Å²) in [5.41, 5.74) is 4.99. The molecule has 0 amide bonds. The Morgan fingerprint density at radius 1 is 1.33 bits per heavy atom. The molecular weight excluding hydrogens is 150 g/mol. The second-order valence-corrected chi connectivity index (χ2v) is 3.27. The van der Waals surface area contributed by atoms with Gasteiger partial charge in [0.1, 0.15) is 0 Å². The lowest BCUT2D eigenvalue weighted by molar-refractivity contribution is 0.117. The van der Waals surface area contributed by atoms with Crippen LogP contribution in [0.3, 0.4) is 0 Å². The average molecular weight is 163 g/mol. The van der Waals surface area contributed by atoms with Gasteiger partial charge in [-0.1, -0.05) is 24.3 Å². The molecule has 2 N–H and O–H groups in total. The molecule has 1 aromatic carbocycles. The minimum absolute atomic E-state index is 0.148. The predicted molar refractivity (Wildman–Crippen MR) is 47.0 cm³/mol. The fourth-order valence-electron chi connectivity index (χ4n) is 1.89. The molecule has 2 heteroatoms. The third-order valence-corrected chi connectivity index (χ3v) is 2.53. The van der Waals surface area contributed by atoms with Crippen LogP contribution in [-0.4, -0.2) is 5.21 Å². The minimum Gasteiger partial charge on any atom is -0.316 e. The van der Waals surface area contributed by atoms with Crippen LogP contribution in [0.1, 0.15) is 30.0 Å². The zero-order valence-corrected chi connectivity index (χ0v) is 6.96. The second-order valence-electron chi connectivity index (χ2n) is 3.27. The van der Waals surface area contributed by atoms with Gasteiger partial charge in [0.05, 0.1) is 6.04 Å². The molecule has 1 aliphatic rings. The first kappa shape index (κ1) is 7.77. The molecule has 0 spiro atoms. The quantitative estimate of drug-likeness (QED) is 0.621. The topological polar surface area (TPSA) is 32.3 Å². The molecule has 2 rings (SSSR count). The van der Waals surface area contributed by atoms with Gasteiger partial charge < -0.3 is 5.21 Å². The summed E-state index contributed by atoms with van der Waals surface area (Å²) < 4.78 is 0. The van der Waals surface area contributed by atoms with Crippen LogP contribution in [0.15, 0.2) is 24.3 Å². The van der Waals surface area contributed by atoms with Crippen LogP contribution in [0.2, 0.25) is 0 Å². The first-order valence-corrected chi connectivity index (χ1v) is 4.39. The first-order chi connectivity index (χ1) is 5.92. The summed E-state index contributed by atoms with van der Waals surface area (Å²) in [4.78, 5) is 0. The third-order valence-electron chi connectivity index (χ3n) is 2.53. The van der Waals surface area contributed by atoms with E-state index in [0.717, 1.165) is 19.3 Å². The van der Waals surface area contributed by atoms with Gasteiger partial charge in [0.15, 0.2) is 0 Å². The summed E-state index contributed by atoms with van der Waals surface area (Å²) >= 11 is 0. The van der Waals surface area contributed by atoms with Crippen LogP contribution in [0, 0.1) is 0 Å². The van der Waals surface area contributed by atoms with Crippen molar-refractivity contribution in [3.63, 3.8) is 0 Å². The Morgan fingerprint density at radius 2 is 2.17 bits per heavy atom. The van der Waals surface area contributed by atoms with E-state index in [1.54, 1.807) is 0 Å². The predicted octanol–water partition coefficient (Wildman–Crippen LogP) is 2.04. The van der Waals surface area contributed by atoms with E-state index in [1.807, 2.05) is 6.07 Å². The molecule has 64 valence electrons. The van der Waals surface area contributed by atoms with Crippen LogP contribution in [0.5, 0.6) is 0 Å². The van der Waals surface area contributed by atoms with Gasteiger partial charge in [-0.25, -0.2) is 0 Å². The number of benzene rings is 1. The lowest BCUT2D eigenvalue weighted by Crippen LogP contribution is -2.21. The summed E-state index contributed by atoms with van der Waals surface area (Å²) in [5, 5.41) is 8.89. The van der Waals surface area contributed by atoms with Crippen LogP contribution >= 0.6 is 0 Å². The van der Waals surface area contributed by atoms with Gasteiger partial charge in [0.25, 0.3) is 0 Å². The standard InChI is InChI=1S/C10H13NO/c12-11-10-7-3-5-8-4-1-2-6-9(8)10/h1-2,4,6,10-12H,3,5,7H2. The molecule has 1 aromatic rings. The van der Waals surface area contributed by atoms with Gasteiger partial charge in [-0.05, 0) is 30.4 Å². The van der Waals surface area contributed by atoms with Crippen LogP contribution in [-0.2, 0) is 6.42 Å². The van der Waals surface area contributed by atoms with E-state index in [1.165, 1.54) is 11.1 Å². The number of hydrogen-bond donors (Lipinski definition) is 2. The van der Waals surface area contributed by atoms with Crippen molar-refractivity contribution in [2.45, 2.75) is 25.3 Å². The molecule has 1 unspecified atom stereocenters. The van der Waals surface area contributed by atoms with Crippen molar-refractivity contribution in [1.29, 1.82) is 0 Å². The van der Waals surface area contributed by atoms with E-state index in [9.17, 15) is 0 Å². The van der Waals surface area contributed by atoms with Gasteiger partial charge in [-0.15, -0.1) is 0 Å². The molecule has 0 fully saturated rings. The third kappa shape index (κ3) is 1.24. The van der Waals surface area contributed by atoms with Crippen molar-refractivity contribution in [2.75, 3.05) is 0 Å². The molecule has 0 bridgehead atoms. The smallest absolute Gasteiger partial charge is 0.0571 e. The van der Waals surface area contributed by atoms with E-state index in [0.29, 0.717) is 0 Å². The monoisotopic (exact) mass is 163 g/mol. The molecule has 0 aliphatic heterocycles. The molecule has 1 atom stereocenters. The molecule has 0 radical (unpaired) electrons. The Hall–Kier alpha value is -0.860. The maximum absolute atomic E-state index is 8.89. The zero-order chi connectivity index (χ0) is 8.39. The maximum atomic E-state index is 8.89. The molecule has 0 aromatic heterocycles. The summed E-state index contributed by atoms with van der Waals surface area (Å²) in [6, 6.07) is 8.45. The van der Waals surface area contributed by atoms with E-state index < -0.39 is 0 Å². The Balaban J connectivity index is 2.37. The molecule has 1 aliphatic carbocycles. The summed E-state index contributed by atoms with van der Waals surface area (Å²) in [6.07, 6.45) is 3.34. The van der Waals surface area contributed by atoms with E-state index in [2.05, 4.69) is 23.7 Å². The van der Waals surface area contributed by atoms with Crippen molar-refractivity contribution in [3.05, 3.63) is 35.4 Å². The van der Waals surface area contributed by atoms with E-state index in [4.69, 9.17) is 5.21 Å². The van der Waals surface area contributed by atoms with Crippen molar-refractivity contribution >= 4 is 0 Å². The molecule has 0 saturated heterocycles. The second kappa shape index (κ2) is 3.25. The lowest BCUT2D eigenvalue weighted by atomic mass is 9.88. The van der Waals surface area contributed by atoms with Gasteiger partial charge in [-0.2, -0.15) is 5.48 Å². The Kier molecular flexibility index (Phi) is 2.11. The summed E-state index contributed by atoms with van der Waals surface area (Å²) in [7, 11) is 0. The fourth-order valence-corrected chi connectivity index (χ4v) is 1.89. The van der Waals surface area contributed by atoms with Gasteiger partial charge in [0.2, 0.25) is 0 Å². The lowest BCUT2D eigenvalue weighted by Gasteiger charge is -2.23. The first-order valence-electron chi connectivity index (χ1n) is 4.39. The number of fused-ring (bicyclic) bond motifs is 1. The molecule has 2 nitrogen and oxygen atoms in total. The van der Waals surface area contributed by atoms with E-state index >= 15 is 0 Å². The van der Waals surface area contributed by atoms with Crippen LogP contribution in [0.4, 0.5) is 0 Å². The van der Waals surface area contributed by atoms with Crippen LogP contribution in [0.25, 0.3) is 0 Å². The molecule has 0 saturated carbocycles. The Labute approximate surface area is 72.2 Å². The van der Waals surface area contributed by atoms with Gasteiger partial charge in [-0.3, -0.25) is 0 Å². The fraction of sp³-hybridized carbons (Fsp3) is 0.400. The number of rotatable bonds is 1. The summed E-state index contributed by atoms with van der Waals surface area (Å²) in [5.74, 6) is 0. The number of hydroxylamine groups is 1. The van der Waals surface area contributed by atoms with Crippen molar-refractivity contribution in [3.8, 4) is 0 Å². The van der Waals surface area contributed by atoms with Crippen molar-refractivity contribution < 1.29 is 5.21 Å². The Morgan fingerprint density at radius 3 is 3.00 bits per heavy atom. The molecule has 12 heavy (non-hydrogen) atoms. The largest absolute Gasteiger partial charge is 0.316 e. The summed E-state index contributed by atoms with van der Waals surface area (Å²) in [6.45, 7) is 0. The highest BCUT2D eigenvalue weighted by atomic mass is 16.5. The van der Waals surface area contributed by atoms with Crippen molar-refractivity contribution in [2.24, 2.45) is 0 Å². The van der Waals surface area contributed by atoms with Gasteiger partial charge >= 0.3 is 0 Å². The maximum Gasteiger partial charge on any atom is 0.0571 e. The van der Waals surface area contributed by atoms with E-state index in [-0.39, 0.29) is 6.04 Å². The van der Waals surface area contributed by atoms with Gasteiger partial charge in [0, 0.05) is 0 Å². The average Bonchev–Trinajstić information content (AvgIpc) is 2.17. The zero-order valence-electron chi connectivity index (χ0n) is 6.96. The normalized spacial score (nSPS) is 21.9. The molecular formula is C10H13NO. The number of aryl methyl sites for hydroxylation is 1.